The monoisotopic (exact) mass is 175 g/mol. The van der Waals surface area contributed by atoms with Crippen LogP contribution in [-0.4, -0.2) is 0 Å². The van der Waals surface area contributed by atoms with E-state index >= 15 is 0 Å². The third-order valence-electron chi connectivity index (χ3n) is 2.23. The van der Waals surface area contributed by atoms with Gasteiger partial charge in [0.1, 0.15) is 5.82 Å². The quantitative estimate of drug-likeness (QED) is 0.612. The van der Waals surface area contributed by atoms with Crippen LogP contribution in [0, 0.1) is 12.7 Å². The van der Waals surface area contributed by atoms with Gasteiger partial charge in [0.15, 0.2) is 0 Å². The highest BCUT2D eigenvalue weighted by Crippen LogP contribution is 2.26. The topological polar surface area (TPSA) is 26.0 Å². The van der Waals surface area contributed by atoms with Crippen LogP contribution in [0.25, 0.3) is 10.8 Å². The van der Waals surface area contributed by atoms with Crippen molar-refractivity contribution in [3.63, 3.8) is 0 Å². The number of halogens is 1. The predicted octanol–water partition coefficient (Wildman–Crippen LogP) is 2.87. The average Bonchev–Trinajstić information content (AvgIpc) is 2.12. The molecule has 0 saturated heterocycles. The Labute approximate surface area is 76.0 Å². The Balaban J connectivity index is 3.00. The van der Waals surface area contributed by atoms with Gasteiger partial charge in [0.05, 0.1) is 0 Å². The number of benzene rings is 2. The highest BCUT2D eigenvalue weighted by Gasteiger charge is 2.04. The van der Waals surface area contributed by atoms with Gasteiger partial charge in [-0.15, -0.1) is 0 Å². The smallest absolute Gasteiger partial charge is 0.131 e. The second-order valence-corrected chi connectivity index (χ2v) is 3.13. The molecule has 0 fully saturated rings. The first kappa shape index (κ1) is 8.05. The van der Waals surface area contributed by atoms with Crippen LogP contribution in [0.5, 0.6) is 0 Å². The summed E-state index contributed by atoms with van der Waals surface area (Å²) in [5.74, 6) is -0.206. The van der Waals surface area contributed by atoms with Crippen molar-refractivity contribution < 1.29 is 4.39 Å². The number of nitrogen functional groups attached to an aromatic ring is 1. The Kier molecular flexibility index (Phi) is 1.69. The van der Waals surface area contributed by atoms with E-state index in [0.717, 1.165) is 10.9 Å². The maximum absolute atomic E-state index is 13.4. The summed E-state index contributed by atoms with van der Waals surface area (Å²) in [7, 11) is 0. The number of anilines is 1. The molecule has 1 nitrogen and oxygen atoms in total. The second-order valence-electron chi connectivity index (χ2n) is 3.13. The lowest BCUT2D eigenvalue weighted by molar-refractivity contribution is 0.639. The number of hydrogen-bond donors (Lipinski definition) is 1. The SMILES string of the molecule is Cc1cccc2c(N)ccc(F)c12. The highest BCUT2D eigenvalue weighted by molar-refractivity contribution is 5.95. The van der Waals surface area contributed by atoms with E-state index in [0.29, 0.717) is 11.1 Å². The van der Waals surface area contributed by atoms with Gasteiger partial charge in [-0.25, -0.2) is 4.39 Å². The molecule has 0 saturated carbocycles. The van der Waals surface area contributed by atoms with Crippen molar-refractivity contribution in [2.24, 2.45) is 0 Å². The molecule has 13 heavy (non-hydrogen) atoms. The third-order valence-corrected chi connectivity index (χ3v) is 2.23. The Bertz CT molecular complexity index is 455. The van der Waals surface area contributed by atoms with Crippen LogP contribution in [0.2, 0.25) is 0 Å². The van der Waals surface area contributed by atoms with Crippen molar-refractivity contribution in [1.82, 2.24) is 0 Å². The lowest BCUT2D eigenvalue weighted by Crippen LogP contribution is -1.90. The van der Waals surface area contributed by atoms with E-state index in [2.05, 4.69) is 0 Å². The van der Waals surface area contributed by atoms with E-state index in [-0.39, 0.29) is 5.82 Å². The first-order valence-electron chi connectivity index (χ1n) is 4.13. The van der Waals surface area contributed by atoms with Crippen LogP contribution >= 0.6 is 0 Å². The summed E-state index contributed by atoms with van der Waals surface area (Å²) in [6.45, 7) is 1.88. The molecule has 0 aliphatic carbocycles. The third kappa shape index (κ3) is 1.15. The standard InChI is InChI=1S/C11H10FN/c1-7-3-2-4-8-10(13)6-5-9(12)11(7)8/h2-6H,13H2,1H3. The van der Waals surface area contributed by atoms with Crippen LogP contribution in [0.3, 0.4) is 0 Å². The van der Waals surface area contributed by atoms with Crippen LogP contribution in [0.15, 0.2) is 30.3 Å². The zero-order valence-corrected chi connectivity index (χ0v) is 7.34. The molecule has 2 N–H and O–H groups in total. The molecule has 0 aliphatic rings. The van der Waals surface area contributed by atoms with Gasteiger partial charge in [0.25, 0.3) is 0 Å². The lowest BCUT2D eigenvalue weighted by atomic mass is 10.0. The zero-order chi connectivity index (χ0) is 9.42. The largest absolute Gasteiger partial charge is 0.398 e. The minimum absolute atomic E-state index is 0.206. The van der Waals surface area contributed by atoms with Gasteiger partial charge in [0.2, 0.25) is 0 Å². The summed E-state index contributed by atoms with van der Waals surface area (Å²) >= 11 is 0. The minimum Gasteiger partial charge on any atom is -0.398 e. The summed E-state index contributed by atoms with van der Waals surface area (Å²) in [5, 5.41) is 1.42. The van der Waals surface area contributed by atoms with Gasteiger partial charge < -0.3 is 5.73 Å². The van der Waals surface area contributed by atoms with Crippen molar-refractivity contribution >= 4 is 16.5 Å². The second kappa shape index (κ2) is 2.73. The number of rotatable bonds is 0. The first-order chi connectivity index (χ1) is 6.20. The summed E-state index contributed by atoms with van der Waals surface area (Å²) in [6.07, 6.45) is 0. The molecule has 0 bridgehead atoms. The average molecular weight is 175 g/mol. The minimum atomic E-state index is -0.206. The van der Waals surface area contributed by atoms with Gasteiger partial charge in [-0.1, -0.05) is 18.2 Å². The van der Waals surface area contributed by atoms with Crippen LogP contribution < -0.4 is 5.73 Å². The fraction of sp³-hybridized carbons (Fsp3) is 0.0909. The molecule has 0 aliphatic heterocycles. The molecule has 0 radical (unpaired) electrons. The normalized spacial score (nSPS) is 10.6. The highest BCUT2D eigenvalue weighted by atomic mass is 19.1. The van der Waals surface area contributed by atoms with Gasteiger partial charge >= 0.3 is 0 Å². The number of nitrogens with two attached hydrogens (primary N) is 1. The van der Waals surface area contributed by atoms with Gasteiger partial charge in [-0.05, 0) is 24.6 Å². The molecule has 2 rings (SSSR count). The van der Waals surface area contributed by atoms with Crippen molar-refractivity contribution in [3.8, 4) is 0 Å². The van der Waals surface area contributed by atoms with E-state index in [4.69, 9.17) is 5.73 Å². The first-order valence-corrected chi connectivity index (χ1v) is 4.13. The Morgan fingerprint density at radius 1 is 1.15 bits per heavy atom. The molecule has 0 aromatic heterocycles. The van der Waals surface area contributed by atoms with Crippen molar-refractivity contribution in [2.45, 2.75) is 6.92 Å². The summed E-state index contributed by atoms with van der Waals surface area (Å²) < 4.78 is 13.4. The molecule has 0 amide bonds. The number of fused-ring (bicyclic) bond motifs is 1. The van der Waals surface area contributed by atoms with Crippen LogP contribution in [0.1, 0.15) is 5.56 Å². The Morgan fingerprint density at radius 2 is 1.92 bits per heavy atom. The van der Waals surface area contributed by atoms with Crippen LogP contribution in [-0.2, 0) is 0 Å². The van der Waals surface area contributed by atoms with E-state index in [1.807, 2.05) is 25.1 Å². The molecule has 0 atom stereocenters. The molecule has 66 valence electrons. The van der Waals surface area contributed by atoms with E-state index < -0.39 is 0 Å². The molecule has 2 heteroatoms. The summed E-state index contributed by atoms with van der Waals surface area (Å²) in [6, 6.07) is 8.60. The molecule has 2 aromatic rings. The molecule has 2 aromatic carbocycles. The predicted molar refractivity (Wildman–Crippen MR) is 53.1 cm³/mol. The van der Waals surface area contributed by atoms with E-state index in [1.165, 1.54) is 6.07 Å². The van der Waals surface area contributed by atoms with Crippen molar-refractivity contribution in [3.05, 3.63) is 41.7 Å². The fourth-order valence-electron chi connectivity index (χ4n) is 1.56. The lowest BCUT2D eigenvalue weighted by Gasteiger charge is -2.05. The van der Waals surface area contributed by atoms with E-state index in [1.54, 1.807) is 6.07 Å². The number of aryl methyl sites for hydroxylation is 1. The fourth-order valence-corrected chi connectivity index (χ4v) is 1.56. The molecule has 0 heterocycles. The molecule has 0 unspecified atom stereocenters. The molecule has 0 spiro atoms. The van der Waals surface area contributed by atoms with Crippen molar-refractivity contribution in [1.29, 1.82) is 0 Å². The maximum atomic E-state index is 13.4. The maximum Gasteiger partial charge on any atom is 0.131 e. The van der Waals surface area contributed by atoms with Gasteiger partial charge in [0, 0.05) is 16.5 Å². The summed E-state index contributed by atoms with van der Waals surface area (Å²) in [4.78, 5) is 0. The molecular weight excluding hydrogens is 165 g/mol. The Hall–Kier alpha value is -1.57. The van der Waals surface area contributed by atoms with Gasteiger partial charge in [-0.3, -0.25) is 0 Å². The number of hydrogen-bond acceptors (Lipinski definition) is 1. The summed E-state index contributed by atoms with van der Waals surface area (Å²) in [5.41, 5.74) is 7.27. The van der Waals surface area contributed by atoms with E-state index in [9.17, 15) is 4.39 Å². The van der Waals surface area contributed by atoms with Crippen LogP contribution in [0.4, 0.5) is 10.1 Å². The van der Waals surface area contributed by atoms with Crippen molar-refractivity contribution in [2.75, 3.05) is 5.73 Å². The zero-order valence-electron chi connectivity index (χ0n) is 7.34. The molecular formula is C11H10FN. The van der Waals surface area contributed by atoms with Gasteiger partial charge in [-0.2, -0.15) is 0 Å². The Morgan fingerprint density at radius 3 is 2.62 bits per heavy atom.